The summed E-state index contributed by atoms with van der Waals surface area (Å²) >= 11 is 1.46. The van der Waals surface area contributed by atoms with Crippen molar-refractivity contribution in [2.24, 2.45) is 0 Å². The van der Waals surface area contributed by atoms with Crippen LogP contribution in [-0.2, 0) is 6.42 Å². The van der Waals surface area contributed by atoms with Crippen LogP contribution in [0.5, 0.6) is 0 Å². The number of rotatable bonds is 6. The van der Waals surface area contributed by atoms with Crippen LogP contribution in [0.3, 0.4) is 0 Å². The second kappa shape index (κ2) is 7.31. The van der Waals surface area contributed by atoms with Gasteiger partial charge in [0.05, 0.1) is 0 Å². The number of anilines is 1. The Morgan fingerprint density at radius 1 is 1.24 bits per heavy atom. The number of nitrogens with one attached hydrogen (secondary N) is 1. The number of hydrogen-bond acceptors (Lipinski definition) is 4. The lowest BCUT2D eigenvalue weighted by Gasteiger charge is -2.07. The first-order valence-electron chi connectivity index (χ1n) is 7.31. The van der Waals surface area contributed by atoms with Gasteiger partial charge in [0.15, 0.2) is 0 Å². The number of aromatic nitrogens is 2. The van der Waals surface area contributed by atoms with Gasteiger partial charge in [-0.1, -0.05) is 43.2 Å². The summed E-state index contributed by atoms with van der Waals surface area (Å²) in [6, 6.07) is 5.73. The molecular weight excluding hydrogens is 282 g/mol. The van der Waals surface area contributed by atoms with Crippen LogP contribution in [0.1, 0.15) is 52.7 Å². The fourth-order valence-electron chi connectivity index (χ4n) is 2.09. The molecule has 0 saturated heterocycles. The summed E-state index contributed by atoms with van der Waals surface area (Å²) < 4.78 is 0. The number of nitrogens with zero attached hydrogens (tertiary/aromatic N) is 2. The average Bonchev–Trinajstić information content (AvgIpc) is 2.89. The number of hydrogen-bond donors (Lipinski definition) is 1. The summed E-state index contributed by atoms with van der Waals surface area (Å²) in [5, 5.41) is 12.6. The smallest absolute Gasteiger partial charge is 0.257 e. The van der Waals surface area contributed by atoms with Crippen LogP contribution in [-0.4, -0.2) is 16.1 Å². The molecule has 0 aliphatic heterocycles. The maximum atomic E-state index is 12.3. The molecule has 1 aromatic carbocycles. The Morgan fingerprint density at radius 3 is 2.81 bits per heavy atom. The monoisotopic (exact) mass is 303 g/mol. The molecule has 1 aromatic heterocycles. The van der Waals surface area contributed by atoms with Crippen molar-refractivity contribution in [3.63, 3.8) is 0 Å². The predicted octanol–water partition coefficient (Wildman–Crippen LogP) is 4.14. The normalized spacial score (nSPS) is 10.6. The third-order valence-corrected chi connectivity index (χ3v) is 4.43. The number of amides is 1. The molecule has 0 unspecified atom stereocenters. The van der Waals surface area contributed by atoms with Crippen molar-refractivity contribution in [3.05, 3.63) is 39.9 Å². The highest BCUT2D eigenvalue weighted by Gasteiger charge is 2.13. The highest BCUT2D eigenvalue weighted by molar-refractivity contribution is 7.15. The molecule has 2 rings (SSSR count). The Hall–Kier alpha value is -1.75. The SMILES string of the molecule is CCCCCc1nnc(NC(=O)c2cccc(C)c2C)s1. The first-order valence-corrected chi connectivity index (χ1v) is 8.13. The zero-order valence-electron chi connectivity index (χ0n) is 12.8. The van der Waals surface area contributed by atoms with Gasteiger partial charge in [-0.3, -0.25) is 10.1 Å². The summed E-state index contributed by atoms with van der Waals surface area (Å²) in [4.78, 5) is 12.3. The molecule has 0 fully saturated rings. The van der Waals surface area contributed by atoms with E-state index >= 15 is 0 Å². The van der Waals surface area contributed by atoms with E-state index < -0.39 is 0 Å². The molecule has 0 aliphatic carbocycles. The molecule has 1 N–H and O–H groups in total. The Labute approximate surface area is 129 Å². The van der Waals surface area contributed by atoms with Crippen LogP contribution in [0.25, 0.3) is 0 Å². The minimum atomic E-state index is -0.118. The molecule has 0 radical (unpaired) electrons. The number of carbonyl (C=O) groups is 1. The van der Waals surface area contributed by atoms with E-state index in [9.17, 15) is 4.79 Å². The molecule has 4 nitrogen and oxygen atoms in total. The second-order valence-electron chi connectivity index (χ2n) is 5.16. The van der Waals surface area contributed by atoms with E-state index in [1.165, 1.54) is 24.2 Å². The van der Waals surface area contributed by atoms with E-state index in [0.717, 1.165) is 29.0 Å². The lowest BCUT2D eigenvalue weighted by molar-refractivity contribution is 0.102. The van der Waals surface area contributed by atoms with Gasteiger partial charge in [0, 0.05) is 12.0 Å². The van der Waals surface area contributed by atoms with Gasteiger partial charge in [-0.15, -0.1) is 10.2 Å². The van der Waals surface area contributed by atoms with Crippen LogP contribution in [0.2, 0.25) is 0 Å². The molecule has 0 bridgehead atoms. The number of aryl methyl sites for hydroxylation is 2. The molecule has 0 aliphatic rings. The van der Waals surface area contributed by atoms with Crippen LogP contribution in [0.4, 0.5) is 5.13 Å². The standard InChI is InChI=1S/C16H21N3OS/c1-4-5-6-10-14-18-19-16(21-14)17-15(20)13-9-7-8-11(2)12(13)3/h7-9H,4-6,10H2,1-3H3,(H,17,19,20). The van der Waals surface area contributed by atoms with Gasteiger partial charge in [0.1, 0.15) is 5.01 Å². The Kier molecular flexibility index (Phi) is 5.44. The Balaban J connectivity index is 2.01. The molecule has 0 spiro atoms. The van der Waals surface area contributed by atoms with Crippen LogP contribution in [0.15, 0.2) is 18.2 Å². The van der Waals surface area contributed by atoms with Gasteiger partial charge in [-0.2, -0.15) is 0 Å². The van der Waals surface area contributed by atoms with Crippen molar-refractivity contribution in [2.45, 2.75) is 46.5 Å². The highest BCUT2D eigenvalue weighted by atomic mass is 32.1. The molecule has 0 atom stereocenters. The van der Waals surface area contributed by atoms with Crippen LogP contribution >= 0.6 is 11.3 Å². The molecule has 21 heavy (non-hydrogen) atoms. The predicted molar refractivity (Wildman–Crippen MR) is 87.0 cm³/mol. The van der Waals surface area contributed by atoms with Crippen molar-refractivity contribution in [1.82, 2.24) is 10.2 Å². The van der Waals surface area contributed by atoms with Gasteiger partial charge in [-0.05, 0) is 37.5 Å². The third-order valence-electron chi connectivity index (χ3n) is 3.53. The lowest BCUT2D eigenvalue weighted by Crippen LogP contribution is -2.13. The maximum absolute atomic E-state index is 12.3. The van der Waals surface area contributed by atoms with E-state index in [1.54, 1.807) is 0 Å². The second-order valence-corrected chi connectivity index (χ2v) is 6.22. The molecule has 2 aromatic rings. The van der Waals surface area contributed by atoms with Crippen LogP contribution in [0, 0.1) is 13.8 Å². The lowest BCUT2D eigenvalue weighted by atomic mass is 10.0. The highest BCUT2D eigenvalue weighted by Crippen LogP contribution is 2.20. The summed E-state index contributed by atoms with van der Waals surface area (Å²) in [6.45, 7) is 6.14. The van der Waals surface area contributed by atoms with E-state index in [1.807, 2.05) is 32.0 Å². The Bertz CT molecular complexity index is 622. The summed E-state index contributed by atoms with van der Waals surface area (Å²) in [7, 11) is 0. The van der Waals surface area contributed by atoms with E-state index in [-0.39, 0.29) is 5.91 Å². The van der Waals surface area contributed by atoms with Crippen molar-refractivity contribution >= 4 is 22.4 Å². The fraction of sp³-hybridized carbons (Fsp3) is 0.438. The van der Waals surface area contributed by atoms with Crippen molar-refractivity contribution < 1.29 is 4.79 Å². The van der Waals surface area contributed by atoms with Crippen molar-refractivity contribution in [2.75, 3.05) is 5.32 Å². The van der Waals surface area contributed by atoms with Gasteiger partial charge >= 0.3 is 0 Å². The number of benzene rings is 1. The minimum Gasteiger partial charge on any atom is -0.296 e. The van der Waals surface area contributed by atoms with Gasteiger partial charge < -0.3 is 0 Å². The summed E-state index contributed by atoms with van der Waals surface area (Å²) in [6.07, 6.45) is 4.44. The van der Waals surface area contributed by atoms with Gasteiger partial charge in [0.25, 0.3) is 5.91 Å². The summed E-state index contributed by atoms with van der Waals surface area (Å²) in [5.74, 6) is -0.118. The van der Waals surface area contributed by atoms with E-state index in [2.05, 4.69) is 22.4 Å². The molecular formula is C16H21N3OS. The Morgan fingerprint density at radius 2 is 2.05 bits per heavy atom. The first kappa shape index (κ1) is 15.6. The van der Waals surface area contributed by atoms with E-state index in [0.29, 0.717) is 10.7 Å². The van der Waals surface area contributed by atoms with Crippen molar-refractivity contribution in [3.8, 4) is 0 Å². The van der Waals surface area contributed by atoms with Gasteiger partial charge in [0.2, 0.25) is 5.13 Å². The molecule has 0 saturated carbocycles. The number of unbranched alkanes of at least 4 members (excludes halogenated alkanes) is 2. The zero-order chi connectivity index (χ0) is 15.2. The first-order chi connectivity index (χ1) is 10.1. The maximum Gasteiger partial charge on any atom is 0.257 e. The molecule has 5 heteroatoms. The summed E-state index contributed by atoms with van der Waals surface area (Å²) in [5.41, 5.74) is 2.81. The van der Waals surface area contributed by atoms with Gasteiger partial charge in [-0.25, -0.2) is 0 Å². The van der Waals surface area contributed by atoms with Crippen LogP contribution < -0.4 is 5.32 Å². The van der Waals surface area contributed by atoms with E-state index in [4.69, 9.17) is 0 Å². The quantitative estimate of drug-likeness (QED) is 0.816. The molecule has 1 amide bonds. The largest absolute Gasteiger partial charge is 0.296 e. The average molecular weight is 303 g/mol. The van der Waals surface area contributed by atoms with Crippen molar-refractivity contribution in [1.29, 1.82) is 0 Å². The third kappa shape index (κ3) is 4.11. The molecule has 1 heterocycles. The topological polar surface area (TPSA) is 54.9 Å². The zero-order valence-corrected chi connectivity index (χ0v) is 13.6. The minimum absolute atomic E-state index is 0.118. The fourth-order valence-corrected chi connectivity index (χ4v) is 2.87. The molecule has 112 valence electrons. The number of carbonyl (C=O) groups excluding carboxylic acids is 1.